The lowest BCUT2D eigenvalue weighted by molar-refractivity contribution is 0.286. The Morgan fingerprint density at radius 3 is 2.69 bits per heavy atom. The number of furan rings is 1. The van der Waals surface area contributed by atoms with E-state index in [0.29, 0.717) is 6.54 Å². The molecule has 3 aromatic rings. The van der Waals surface area contributed by atoms with E-state index >= 15 is 0 Å². The fraction of sp³-hybridized carbons (Fsp3) is 0.263. The van der Waals surface area contributed by atoms with Crippen LogP contribution >= 0.6 is 34.8 Å². The Morgan fingerprint density at radius 2 is 2.08 bits per heavy atom. The molecule has 0 spiro atoms. The molecular formula is C19H19IN4OS. The van der Waals surface area contributed by atoms with Gasteiger partial charge in [-0.3, -0.25) is 4.98 Å². The third-order valence-electron chi connectivity index (χ3n) is 4.74. The minimum atomic E-state index is -0.0129. The number of rotatable bonds is 4. The Balaban J connectivity index is 1.81. The number of halogens is 1. The van der Waals surface area contributed by atoms with Crippen molar-refractivity contribution in [1.29, 1.82) is 0 Å². The number of aromatic nitrogens is 2. The first-order valence-corrected chi connectivity index (χ1v) is 9.90. The topological polar surface area (TPSA) is 57.1 Å². The average Bonchev–Trinajstić information content (AvgIpc) is 3.31. The number of nitrogens with zero attached hydrogens (tertiary/aromatic N) is 2. The van der Waals surface area contributed by atoms with E-state index in [9.17, 15) is 0 Å². The van der Waals surface area contributed by atoms with E-state index in [4.69, 9.17) is 16.6 Å². The smallest absolute Gasteiger partial charge is 0.170 e. The molecule has 0 saturated carbocycles. The van der Waals surface area contributed by atoms with Gasteiger partial charge in [-0.1, -0.05) is 6.07 Å². The summed E-state index contributed by atoms with van der Waals surface area (Å²) in [5.74, 6) is 0.890. The molecule has 0 aromatic carbocycles. The Hall–Kier alpha value is -1.87. The zero-order chi connectivity index (χ0) is 18.3. The average molecular weight is 478 g/mol. The number of nitrogens with one attached hydrogen (secondary N) is 2. The van der Waals surface area contributed by atoms with Gasteiger partial charge >= 0.3 is 0 Å². The van der Waals surface area contributed by atoms with Crippen molar-refractivity contribution in [1.82, 2.24) is 20.2 Å². The molecule has 3 aromatic heterocycles. The minimum Gasteiger partial charge on any atom is -0.467 e. The van der Waals surface area contributed by atoms with Gasteiger partial charge in [-0.05, 0) is 72.9 Å². The van der Waals surface area contributed by atoms with E-state index in [1.807, 2.05) is 36.5 Å². The summed E-state index contributed by atoms with van der Waals surface area (Å²) in [6.07, 6.45) is 3.52. The lowest BCUT2D eigenvalue weighted by Crippen LogP contribution is -2.29. The molecule has 0 aliphatic carbocycles. The molecule has 2 N–H and O–H groups in total. The minimum absolute atomic E-state index is 0.0129. The highest BCUT2D eigenvalue weighted by Gasteiger charge is 2.42. The summed E-state index contributed by atoms with van der Waals surface area (Å²) in [5.41, 5.74) is 4.58. The predicted molar refractivity (Wildman–Crippen MR) is 113 cm³/mol. The van der Waals surface area contributed by atoms with Gasteiger partial charge in [-0.25, -0.2) is 0 Å². The van der Waals surface area contributed by atoms with Crippen LogP contribution in [0.2, 0.25) is 0 Å². The highest BCUT2D eigenvalue weighted by atomic mass is 127. The van der Waals surface area contributed by atoms with Crippen molar-refractivity contribution in [3.8, 4) is 0 Å². The van der Waals surface area contributed by atoms with Crippen LogP contribution in [0.5, 0.6) is 0 Å². The molecule has 2 atom stereocenters. The maximum atomic E-state index is 5.69. The van der Waals surface area contributed by atoms with Crippen LogP contribution < -0.4 is 5.32 Å². The van der Waals surface area contributed by atoms with Crippen molar-refractivity contribution in [2.75, 3.05) is 0 Å². The standard InChI is InChI=1S/C19H19IN4OS/c1-11-15(16(20)12(2)22-11)18-17(14-7-3-4-8-21-14)23-19(26)24(18)10-13-6-5-9-25-13/h3-9,17-18,22H,10H2,1-2H3,(H,23,26)/t17-,18-/m0/s1. The SMILES string of the molecule is Cc1[nH]c(C)c([C@H]2[C@H](c3ccccn3)NC(=S)N2Cc2ccco2)c1I. The number of pyridine rings is 1. The van der Waals surface area contributed by atoms with Crippen LogP contribution in [-0.2, 0) is 6.54 Å². The van der Waals surface area contributed by atoms with E-state index < -0.39 is 0 Å². The fourth-order valence-electron chi connectivity index (χ4n) is 3.58. The number of aromatic amines is 1. The second-order valence-corrected chi connectivity index (χ2v) is 7.90. The third kappa shape index (κ3) is 3.03. The molecule has 0 amide bonds. The molecular weight excluding hydrogens is 459 g/mol. The van der Waals surface area contributed by atoms with Crippen molar-refractivity contribution in [3.05, 3.63) is 74.8 Å². The summed E-state index contributed by atoms with van der Waals surface area (Å²) >= 11 is 8.11. The van der Waals surface area contributed by atoms with Crippen molar-refractivity contribution in [2.45, 2.75) is 32.5 Å². The number of hydrogen-bond donors (Lipinski definition) is 2. The summed E-state index contributed by atoms with van der Waals surface area (Å²) in [6.45, 7) is 4.84. The molecule has 1 saturated heterocycles. The van der Waals surface area contributed by atoms with E-state index in [1.165, 1.54) is 14.8 Å². The first-order chi connectivity index (χ1) is 12.6. The second-order valence-electron chi connectivity index (χ2n) is 6.44. The normalized spacial score (nSPS) is 19.8. The van der Waals surface area contributed by atoms with Crippen LogP contribution in [0.1, 0.15) is 40.5 Å². The van der Waals surface area contributed by atoms with Crippen LogP contribution in [-0.4, -0.2) is 20.0 Å². The largest absolute Gasteiger partial charge is 0.467 e. The van der Waals surface area contributed by atoms with Crippen LogP contribution in [0.25, 0.3) is 0 Å². The first kappa shape index (κ1) is 17.5. The van der Waals surface area contributed by atoms with Gasteiger partial charge < -0.3 is 19.6 Å². The van der Waals surface area contributed by atoms with Gasteiger partial charge in [0.05, 0.1) is 30.6 Å². The van der Waals surface area contributed by atoms with Crippen molar-refractivity contribution in [3.63, 3.8) is 0 Å². The lowest BCUT2D eigenvalue weighted by atomic mass is 9.96. The van der Waals surface area contributed by atoms with Gasteiger partial charge in [0.15, 0.2) is 5.11 Å². The van der Waals surface area contributed by atoms with Gasteiger partial charge in [0.1, 0.15) is 5.76 Å². The van der Waals surface area contributed by atoms with Crippen molar-refractivity contribution in [2.24, 2.45) is 0 Å². The van der Waals surface area contributed by atoms with Crippen LogP contribution in [0.15, 0.2) is 47.2 Å². The fourth-order valence-corrected chi connectivity index (χ4v) is 4.75. The molecule has 1 aliphatic rings. The number of H-pyrrole nitrogens is 1. The van der Waals surface area contributed by atoms with E-state index in [0.717, 1.165) is 22.3 Å². The molecule has 26 heavy (non-hydrogen) atoms. The summed E-state index contributed by atoms with van der Waals surface area (Å²) in [4.78, 5) is 10.3. The third-order valence-corrected chi connectivity index (χ3v) is 6.49. The summed E-state index contributed by atoms with van der Waals surface area (Å²) in [7, 11) is 0. The highest BCUT2D eigenvalue weighted by Crippen LogP contribution is 2.43. The van der Waals surface area contributed by atoms with Crippen molar-refractivity contribution < 1.29 is 4.42 Å². The molecule has 5 nitrogen and oxygen atoms in total. The molecule has 1 fully saturated rings. The van der Waals surface area contributed by atoms with Crippen LogP contribution in [0.3, 0.4) is 0 Å². The Bertz CT molecular complexity index is 923. The summed E-state index contributed by atoms with van der Waals surface area (Å²) < 4.78 is 6.82. The maximum Gasteiger partial charge on any atom is 0.170 e. The van der Waals surface area contributed by atoms with Gasteiger partial charge in [-0.15, -0.1) is 0 Å². The Morgan fingerprint density at radius 1 is 1.23 bits per heavy atom. The maximum absolute atomic E-state index is 5.69. The first-order valence-electron chi connectivity index (χ1n) is 8.41. The van der Waals surface area contributed by atoms with Crippen molar-refractivity contribution >= 4 is 39.9 Å². The summed E-state index contributed by atoms with van der Waals surface area (Å²) in [6, 6.07) is 9.91. The second kappa shape index (κ2) is 7.03. The van der Waals surface area contributed by atoms with E-state index in [1.54, 1.807) is 6.26 Å². The summed E-state index contributed by atoms with van der Waals surface area (Å²) in [5, 5.41) is 4.20. The molecule has 0 unspecified atom stereocenters. The highest BCUT2D eigenvalue weighted by molar-refractivity contribution is 14.1. The molecule has 0 radical (unpaired) electrons. The molecule has 1 aliphatic heterocycles. The number of aryl methyl sites for hydroxylation is 2. The zero-order valence-electron chi connectivity index (χ0n) is 14.5. The van der Waals surface area contributed by atoms with Gasteiger partial charge in [-0.2, -0.15) is 0 Å². The monoisotopic (exact) mass is 478 g/mol. The van der Waals surface area contributed by atoms with Crippen LogP contribution in [0.4, 0.5) is 0 Å². The molecule has 7 heteroatoms. The molecule has 4 heterocycles. The van der Waals surface area contributed by atoms with Gasteiger partial charge in [0.25, 0.3) is 0 Å². The van der Waals surface area contributed by atoms with E-state index in [-0.39, 0.29) is 12.1 Å². The predicted octanol–water partition coefficient (Wildman–Crippen LogP) is 4.40. The quantitative estimate of drug-likeness (QED) is 0.430. The van der Waals surface area contributed by atoms with Crippen LogP contribution in [0, 0.1) is 17.4 Å². The van der Waals surface area contributed by atoms with Gasteiger partial charge in [0, 0.05) is 26.7 Å². The van der Waals surface area contributed by atoms with E-state index in [2.05, 4.69) is 56.6 Å². The number of thiocarbonyl (C=S) groups is 1. The lowest BCUT2D eigenvalue weighted by Gasteiger charge is -2.27. The van der Waals surface area contributed by atoms with Gasteiger partial charge in [0.2, 0.25) is 0 Å². The Labute approximate surface area is 171 Å². The molecule has 134 valence electrons. The molecule has 0 bridgehead atoms. The number of hydrogen-bond acceptors (Lipinski definition) is 3. The molecule has 4 rings (SSSR count). The Kier molecular flexibility index (Phi) is 4.74. The zero-order valence-corrected chi connectivity index (χ0v) is 17.5.